The van der Waals surface area contributed by atoms with Crippen LogP contribution in [-0.2, 0) is 4.79 Å². The Kier molecular flexibility index (Phi) is 2.59. The summed E-state index contributed by atoms with van der Waals surface area (Å²) in [7, 11) is 0. The Hall–Kier alpha value is -0.0700. The molecule has 0 bridgehead atoms. The number of hydrogen-bond donors (Lipinski definition) is 1. The highest BCUT2D eigenvalue weighted by Gasteiger charge is 2.94. The minimum Gasteiger partial charge on any atom is -0.380 e. The second-order valence-corrected chi connectivity index (χ2v) is 4.79. The number of Topliss-reactive ketones (excluding diaryl/α,β-unsaturated/α-hetero) is 1. The minimum absolute atomic E-state index is 0.856. The van der Waals surface area contributed by atoms with Gasteiger partial charge in [-0.25, -0.2) is 0 Å². The van der Waals surface area contributed by atoms with E-state index in [1.807, 2.05) is 0 Å². The number of ketones is 1. The van der Waals surface area contributed by atoms with E-state index in [0.717, 1.165) is 6.92 Å². The number of alkyl halides is 6. The number of aliphatic hydroxyl groups is 1. The summed E-state index contributed by atoms with van der Waals surface area (Å²) >= 11 is 9.93. The van der Waals surface area contributed by atoms with Crippen LogP contribution < -0.4 is 0 Å². The minimum atomic E-state index is -4.82. The molecule has 1 atom stereocenters. The maximum Gasteiger partial charge on any atom is 0.348 e. The van der Waals surface area contributed by atoms with E-state index >= 15 is 0 Å². The molecule has 1 N–H and O–H groups in total. The molecule has 1 aliphatic rings. The van der Waals surface area contributed by atoms with Gasteiger partial charge in [0, 0.05) is 6.42 Å². The second-order valence-electron chi connectivity index (χ2n) is 3.46. The highest BCUT2D eigenvalue weighted by Crippen LogP contribution is 2.70. The Morgan fingerprint density at radius 2 is 1.60 bits per heavy atom. The number of hydrogen-bond acceptors (Lipinski definition) is 2. The SMILES string of the molecule is CC(=O)CC1(O)C(F)(F)C(F)(F)C1(Cl)Cl. The zero-order valence-electron chi connectivity index (χ0n) is 7.33. The zero-order valence-corrected chi connectivity index (χ0v) is 8.84. The first-order valence-corrected chi connectivity index (χ1v) is 4.52. The van der Waals surface area contributed by atoms with Gasteiger partial charge >= 0.3 is 11.8 Å². The smallest absolute Gasteiger partial charge is 0.348 e. The second kappa shape index (κ2) is 2.99. The molecule has 2 nitrogen and oxygen atoms in total. The van der Waals surface area contributed by atoms with E-state index in [1.165, 1.54) is 0 Å². The molecule has 15 heavy (non-hydrogen) atoms. The Bertz CT molecular complexity index is 298. The topological polar surface area (TPSA) is 37.3 Å². The fourth-order valence-electron chi connectivity index (χ4n) is 1.43. The molecule has 0 radical (unpaired) electrons. The van der Waals surface area contributed by atoms with Crippen LogP contribution in [0.5, 0.6) is 0 Å². The summed E-state index contributed by atoms with van der Waals surface area (Å²) in [5, 5.41) is 9.26. The van der Waals surface area contributed by atoms with Crippen LogP contribution in [-0.4, -0.2) is 32.7 Å². The Morgan fingerprint density at radius 1 is 1.20 bits per heavy atom. The van der Waals surface area contributed by atoms with E-state index in [1.54, 1.807) is 0 Å². The lowest BCUT2D eigenvalue weighted by atomic mass is 9.68. The van der Waals surface area contributed by atoms with Crippen molar-refractivity contribution in [1.29, 1.82) is 0 Å². The number of carbonyl (C=O) groups is 1. The van der Waals surface area contributed by atoms with Crippen LogP contribution in [0.3, 0.4) is 0 Å². The van der Waals surface area contributed by atoms with E-state index in [0.29, 0.717) is 0 Å². The van der Waals surface area contributed by atoms with Crippen LogP contribution in [0.15, 0.2) is 0 Å². The summed E-state index contributed by atoms with van der Waals surface area (Å²) in [5.41, 5.74) is -3.43. The van der Waals surface area contributed by atoms with E-state index in [2.05, 4.69) is 0 Å². The van der Waals surface area contributed by atoms with Crippen molar-refractivity contribution in [3.63, 3.8) is 0 Å². The molecule has 1 saturated carbocycles. The standard InChI is InChI=1S/C7H6Cl2F4O2/c1-3(14)2-4(15)5(8,9)7(12,13)6(4,10)11/h15H,2H2,1H3. The molecule has 0 spiro atoms. The van der Waals surface area contributed by atoms with Gasteiger partial charge in [-0.2, -0.15) is 17.6 Å². The summed E-state index contributed by atoms with van der Waals surface area (Å²) in [4.78, 5) is 10.6. The lowest BCUT2D eigenvalue weighted by Crippen LogP contribution is -2.85. The van der Waals surface area contributed by atoms with Gasteiger partial charge in [-0.1, -0.05) is 23.2 Å². The number of rotatable bonds is 2. The zero-order chi connectivity index (χ0) is 12.3. The van der Waals surface area contributed by atoms with Gasteiger partial charge in [-0.3, -0.25) is 4.79 Å². The summed E-state index contributed by atoms with van der Waals surface area (Å²) < 4.78 is 47.9. The highest BCUT2D eigenvalue weighted by atomic mass is 35.5. The third-order valence-electron chi connectivity index (χ3n) is 2.33. The predicted octanol–water partition coefficient (Wildman–Crippen LogP) is 2.15. The van der Waals surface area contributed by atoms with E-state index < -0.39 is 34.0 Å². The average molecular weight is 269 g/mol. The van der Waals surface area contributed by atoms with Crippen LogP contribution in [0.25, 0.3) is 0 Å². The predicted molar refractivity (Wildman–Crippen MR) is 44.6 cm³/mol. The molecule has 8 heteroatoms. The quantitative estimate of drug-likeness (QED) is 0.616. The van der Waals surface area contributed by atoms with Crippen molar-refractivity contribution < 1.29 is 27.5 Å². The first kappa shape index (κ1) is 13.0. The molecule has 0 amide bonds. The maximum absolute atomic E-state index is 12.9. The molecule has 0 aromatic rings. The Labute approximate surface area is 92.1 Å². The molecule has 0 aromatic heterocycles. The first-order valence-electron chi connectivity index (χ1n) is 3.77. The molecular formula is C7H6Cl2F4O2. The molecule has 0 saturated heterocycles. The molecule has 1 aliphatic carbocycles. The van der Waals surface area contributed by atoms with Gasteiger partial charge in [-0.05, 0) is 6.92 Å². The van der Waals surface area contributed by atoms with Crippen molar-refractivity contribution in [2.75, 3.05) is 0 Å². The molecule has 88 valence electrons. The van der Waals surface area contributed by atoms with E-state index in [-0.39, 0.29) is 0 Å². The monoisotopic (exact) mass is 268 g/mol. The van der Waals surface area contributed by atoms with Crippen LogP contribution in [0.2, 0.25) is 0 Å². The van der Waals surface area contributed by atoms with Crippen LogP contribution in [0.1, 0.15) is 13.3 Å². The fraction of sp³-hybridized carbons (Fsp3) is 0.857. The molecule has 1 fully saturated rings. The summed E-state index contributed by atoms with van der Waals surface area (Å²) in [6, 6.07) is 0. The lowest BCUT2D eigenvalue weighted by molar-refractivity contribution is -0.384. The first-order chi connectivity index (χ1) is 6.42. The van der Waals surface area contributed by atoms with Crippen molar-refractivity contribution in [1.82, 2.24) is 0 Å². The third-order valence-corrected chi connectivity index (χ3v) is 3.43. The Morgan fingerprint density at radius 3 is 1.87 bits per heavy atom. The van der Waals surface area contributed by atoms with Crippen molar-refractivity contribution >= 4 is 29.0 Å². The fourth-order valence-corrected chi connectivity index (χ4v) is 2.04. The van der Waals surface area contributed by atoms with E-state index in [4.69, 9.17) is 23.2 Å². The number of halogens is 6. The van der Waals surface area contributed by atoms with Gasteiger partial charge in [0.15, 0.2) is 5.60 Å². The normalized spacial score (nSPS) is 35.7. The largest absolute Gasteiger partial charge is 0.380 e. The molecular weight excluding hydrogens is 263 g/mol. The maximum atomic E-state index is 12.9. The molecule has 0 aliphatic heterocycles. The molecule has 1 unspecified atom stereocenters. The summed E-state index contributed by atoms with van der Waals surface area (Å²) in [6.45, 7) is 0.856. The van der Waals surface area contributed by atoms with E-state index in [9.17, 15) is 27.5 Å². The molecule has 1 rings (SSSR count). The highest BCUT2D eigenvalue weighted by molar-refractivity contribution is 6.51. The third kappa shape index (κ3) is 1.18. The van der Waals surface area contributed by atoms with Crippen molar-refractivity contribution in [3.8, 4) is 0 Å². The molecule has 0 aromatic carbocycles. The van der Waals surface area contributed by atoms with Crippen LogP contribution >= 0.6 is 23.2 Å². The number of carbonyl (C=O) groups excluding carboxylic acids is 1. The van der Waals surface area contributed by atoms with Crippen molar-refractivity contribution in [3.05, 3.63) is 0 Å². The van der Waals surface area contributed by atoms with Gasteiger partial charge < -0.3 is 5.11 Å². The van der Waals surface area contributed by atoms with Gasteiger partial charge in [0.2, 0.25) is 4.33 Å². The van der Waals surface area contributed by atoms with Gasteiger partial charge in [-0.15, -0.1) is 0 Å². The molecule has 0 heterocycles. The van der Waals surface area contributed by atoms with Gasteiger partial charge in [0.1, 0.15) is 5.78 Å². The average Bonchev–Trinajstić information content (AvgIpc) is 2.00. The summed E-state index contributed by atoms with van der Waals surface area (Å²) in [5.74, 6) is -10.5. The van der Waals surface area contributed by atoms with Gasteiger partial charge in [0.05, 0.1) is 0 Å². The summed E-state index contributed by atoms with van der Waals surface area (Å²) in [6.07, 6.45) is -1.23. The van der Waals surface area contributed by atoms with Crippen molar-refractivity contribution in [2.45, 2.75) is 35.1 Å². The van der Waals surface area contributed by atoms with Gasteiger partial charge in [0.25, 0.3) is 0 Å². The lowest BCUT2D eigenvalue weighted by Gasteiger charge is -2.58. The Balaban J connectivity index is 3.16. The van der Waals surface area contributed by atoms with Crippen molar-refractivity contribution in [2.24, 2.45) is 0 Å². The van der Waals surface area contributed by atoms with Crippen LogP contribution in [0, 0.1) is 0 Å². The van der Waals surface area contributed by atoms with Crippen LogP contribution in [0.4, 0.5) is 17.6 Å².